The van der Waals surface area contributed by atoms with Crippen molar-refractivity contribution in [3.05, 3.63) is 112 Å². The lowest BCUT2D eigenvalue weighted by Crippen LogP contribution is -2.07. The van der Waals surface area contributed by atoms with E-state index in [2.05, 4.69) is 42.5 Å². The number of rotatable bonds is 3. The summed E-state index contributed by atoms with van der Waals surface area (Å²) in [4.78, 5) is 14.7. The van der Waals surface area contributed by atoms with E-state index in [0.717, 1.165) is 42.4 Å². The first-order valence-electron chi connectivity index (χ1n) is 12.8. The van der Waals surface area contributed by atoms with E-state index < -0.39 is 0 Å². The Balaban J connectivity index is 1.46. The van der Waals surface area contributed by atoms with Crippen LogP contribution in [0.1, 0.15) is 35.1 Å². The van der Waals surface area contributed by atoms with Gasteiger partial charge in [0.05, 0.1) is 0 Å². The molecular weight excluding hydrogens is 474 g/mol. The van der Waals surface area contributed by atoms with Crippen molar-refractivity contribution in [3.63, 3.8) is 0 Å². The zero-order chi connectivity index (χ0) is 24.8. The molecule has 4 heteroatoms. The van der Waals surface area contributed by atoms with Crippen LogP contribution in [0.3, 0.4) is 0 Å². The zero-order valence-electron chi connectivity index (χ0n) is 20.3. The molecule has 0 saturated heterocycles. The minimum Gasteiger partial charge on any atom is -0.208 e. The molecule has 7 rings (SSSR count). The highest BCUT2D eigenvalue weighted by atomic mass is 35.5. The summed E-state index contributed by atoms with van der Waals surface area (Å²) in [5.74, 6) is 1.92. The molecule has 0 amide bonds. The molecule has 5 aromatic rings. The molecule has 2 aliphatic carbocycles. The van der Waals surface area contributed by atoms with Gasteiger partial charge in [-0.25, -0.2) is 15.0 Å². The standard InChI is InChI=1S/C33H24ClN3/c34-24-12-8-11-22(19-24)32-35-31(21-9-2-1-3-10-21)36-33(37-32)23-17-18-29-27-15-5-4-13-25(27)26-14-6-7-16-28(26)30(29)20-23/h1-3,5,7-12,15-20H,4,6,13-14H2. The molecule has 178 valence electrons. The van der Waals surface area contributed by atoms with Crippen molar-refractivity contribution in [3.8, 4) is 34.2 Å². The van der Waals surface area contributed by atoms with Crippen LogP contribution in [0.25, 0.3) is 57.1 Å². The van der Waals surface area contributed by atoms with Gasteiger partial charge in [-0.2, -0.15) is 0 Å². The van der Waals surface area contributed by atoms with Crippen molar-refractivity contribution in [1.29, 1.82) is 0 Å². The fourth-order valence-corrected chi connectivity index (χ4v) is 5.77. The van der Waals surface area contributed by atoms with Crippen LogP contribution in [0.15, 0.2) is 84.9 Å². The summed E-state index contributed by atoms with van der Waals surface area (Å²) >= 11 is 6.32. The van der Waals surface area contributed by atoms with Gasteiger partial charge in [-0.1, -0.05) is 90.5 Å². The third kappa shape index (κ3) is 3.96. The average Bonchev–Trinajstić information content (AvgIpc) is 2.97. The second-order valence-corrected chi connectivity index (χ2v) is 10.0. The van der Waals surface area contributed by atoms with Gasteiger partial charge in [0.25, 0.3) is 0 Å². The summed E-state index contributed by atoms with van der Waals surface area (Å²) in [6.45, 7) is 0. The lowest BCUT2D eigenvalue weighted by atomic mass is 9.81. The van der Waals surface area contributed by atoms with E-state index in [9.17, 15) is 0 Å². The van der Waals surface area contributed by atoms with E-state index in [4.69, 9.17) is 26.6 Å². The third-order valence-electron chi connectivity index (χ3n) is 7.31. The largest absolute Gasteiger partial charge is 0.208 e. The normalized spacial score (nSPS) is 14.0. The highest BCUT2D eigenvalue weighted by molar-refractivity contribution is 6.30. The van der Waals surface area contributed by atoms with Crippen LogP contribution < -0.4 is 0 Å². The van der Waals surface area contributed by atoms with Gasteiger partial charge in [0.1, 0.15) is 0 Å². The van der Waals surface area contributed by atoms with Gasteiger partial charge in [0.15, 0.2) is 17.5 Å². The number of halogens is 1. The molecule has 4 aromatic carbocycles. The van der Waals surface area contributed by atoms with Crippen molar-refractivity contribution < 1.29 is 0 Å². The molecule has 0 atom stereocenters. The number of aromatic nitrogens is 3. The predicted octanol–water partition coefficient (Wildman–Crippen LogP) is 8.60. The Morgan fingerprint density at radius 1 is 0.541 bits per heavy atom. The number of nitrogens with zero attached hydrogens (tertiary/aromatic N) is 3. The Morgan fingerprint density at radius 2 is 1.14 bits per heavy atom. The smallest absolute Gasteiger partial charge is 0.164 e. The number of fused-ring (bicyclic) bond motifs is 6. The maximum Gasteiger partial charge on any atom is 0.164 e. The summed E-state index contributed by atoms with van der Waals surface area (Å²) in [6, 6.07) is 24.4. The van der Waals surface area contributed by atoms with Gasteiger partial charge >= 0.3 is 0 Å². The third-order valence-corrected chi connectivity index (χ3v) is 7.55. The molecule has 0 saturated carbocycles. The van der Waals surface area contributed by atoms with Crippen molar-refractivity contribution in [2.24, 2.45) is 0 Å². The maximum absolute atomic E-state index is 6.32. The molecule has 0 spiro atoms. The Bertz CT molecular complexity index is 1730. The van der Waals surface area contributed by atoms with E-state index in [0.29, 0.717) is 22.5 Å². The predicted molar refractivity (Wildman–Crippen MR) is 153 cm³/mol. The van der Waals surface area contributed by atoms with Crippen LogP contribution in [-0.4, -0.2) is 15.0 Å². The van der Waals surface area contributed by atoms with Crippen molar-refractivity contribution >= 4 is 34.5 Å². The van der Waals surface area contributed by atoms with E-state index >= 15 is 0 Å². The first-order chi connectivity index (χ1) is 18.2. The van der Waals surface area contributed by atoms with Crippen molar-refractivity contribution in [2.45, 2.75) is 25.7 Å². The average molecular weight is 498 g/mol. The van der Waals surface area contributed by atoms with Crippen LogP contribution in [0, 0.1) is 0 Å². The maximum atomic E-state index is 6.32. The Hall–Kier alpha value is -4.08. The molecule has 0 N–H and O–H groups in total. The first kappa shape index (κ1) is 22.1. The monoisotopic (exact) mass is 497 g/mol. The van der Waals surface area contributed by atoms with Gasteiger partial charge < -0.3 is 0 Å². The SMILES string of the molecule is Clc1cccc(-c2nc(-c3ccccc3)nc(-c3ccc4c5c(c6c(c4c3)C=CCC6)CCC=C5)n2)c1. The highest BCUT2D eigenvalue weighted by Crippen LogP contribution is 2.39. The molecule has 1 aromatic heterocycles. The number of hydrogen-bond donors (Lipinski definition) is 0. The molecule has 0 radical (unpaired) electrons. The summed E-state index contributed by atoms with van der Waals surface area (Å²) < 4.78 is 0. The topological polar surface area (TPSA) is 38.7 Å². The molecule has 2 aliphatic rings. The van der Waals surface area contributed by atoms with Crippen molar-refractivity contribution in [2.75, 3.05) is 0 Å². The molecule has 1 heterocycles. The zero-order valence-corrected chi connectivity index (χ0v) is 21.0. The molecule has 37 heavy (non-hydrogen) atoms. The number of benzene rings is 4. The second-order valence-electron chi connectivity index (χ2n) is 9.61. The van der Waals surface area contributed by atoms with Crippen LogP contribution in [-0.2, 0) is 12.8 Å². The number of allylic oxidation sites excluding steroid dienone is 2. The first-order valence-corrected chi connectivity index (χ1v) is 13.1. The second kappa shape index (κ2) is 9.10. The lowest BCUT2D eigenvalue weighted by molar-refractivity contribution is 0.911. The molecule has 0 aliphatic heterocycles. The van der Waals surface area contributed by atoms with E-state index in [1.807, 2.05) is 54.6 Å². The molecule has 0 fully saturated rings. The minimum absolute atomic E-state index is 0.613. The summed E-state index contributed by atoms with van der Waals surface area (Å²) in [7, 11) is 0. The van der Waals surface area contributed by atoms with E-state index in [1.54, 1.807) is 0 Å². The van der Waals surface area contributed by atoms with Gasteiger partial charge in [0.2, 0.25) is 0 Å². The Labute approximate surface area is 221 Å². The summed E-state index contributed by atoms with van der Waals surface area (Å²) in [5.41, 5.74) is 8.56. The quantitative estimate of drug-likeness (QED) is 0.250. The fourth-order valence-electron chi connectivity index (χ4n) is 5.58. The van der Waals surface area contributed by atoms with Crippen LogP contribution in [0.5, 0.6) is 0 Å². The fraction of sp³-hybridized carbons (Fsp3) is 0.121. The van der Waals surface area contributed by atoms with Gasteiger partial charge in [-0.3, -0.25) is 0 Å². The molecule has 0 bridgehead atoms. The van der Waals surface area contributed by atoms with Crippen molar-refractivity contribution in [1.82, 2.24) is 15.0 Å². The lowest BCUT2D eigenvalue weighted by Gasteiger charge is -2.24. The summed E-state index contributed by atoms with van der Waals surface area (Å²) in [5, 5.41) is 3.22. The van der Waals surface area contributed by atoms with Gasteiger partial charge in [-0.15, -0.1) is 0 Å². The summed E-state index contributed by atoms with van der Waals surface area (Å²) in [6.07, 6.45) is 13.7. The highest BCUT2D eigenvalue weighted by Gasteiger charge is 2.21. The van der Waals surface area contributed by atoms with Crippen LogP contribution in [0.2, 0.25) is 5.02 Å². The molecule has 3 nitrogen and oxygen atoms in total. The minimum atomic E-state index is 0.613. The molecular formula is C33H24ClN3. The van der Waals surface area contributed by atoms with Gasteiger partial charge in [-0.05, 0) is 76.9 Å². The van der Waals surface area contributed by atoms with Crippen LogP contribution >= 0.6 is 11.6 Å². The molecule has 0 unspecified atom stereocenters. The Kier molecular flexibility index (Phi) is 5.44. The van der Waals surface area contributed by atoms with E-state index in [-0.39, 0.29) is 0 Å². The Morgan fingerprint density at radius 3 is 1.81 bits per heavy atom. The van der Waals surface area contributed by atoms with Crippen LogP contribution in [0.4, 0.5) is 0 Å². The van der Waals surface area contributed by atoms with E-state index in [1.165, 1.54) is 33.0 Å². The van der Waals surface area contributed by atoms with Gasteiger partial charge in [0, 0.05) is 21.7 Å². The number of hydrogen-bond acceptors (Lipinski definition) is 3.